The Hall–Kier alpha value is -2.08. The first kappa shape index (κ1) is 16.8. The third-order valence-electron chi connectivity index (χ3n) is 4.68. The molecule has 0 unspecified atom stereocenters. The number of nitrogens with one attached hydrogen (secondary N) is 1. The van der Waals surface area contributed by atoms with E-state index in [1.165, 1.54) is 0 Å². The van der Waals surface area contributed by atoms with Gasteiger partial charge in [-0.25, -0.2) is 4.79 Å². The molecule has 2 aliphatic heterocycles. The largest absolute Gasteiger partial charge is 0.445 e. The van der Waals surface area contributed by atoms with Crippen molar-refractivity contribution < 1.29 is 19.1 Å². The highest BCUT2D eigenvalue weighted by molar-refractivity contribution is 5.83. The van der Waals surface area contributed by atoms with Crippen LogP contribution in [0, 0.1) is 5.41 Å². The van der Waals surface area contributed by atoms with Crippen LogP contribution in [0.4, 0.5) is 4.79 Å². The summed E-state index contributed by atoms with van der Waals surface area (Å²) in [6.45, 7) is 4.39. The average molecular weight is 332 g/mol. The Morgan fingerprint density at radius 1 is 1.25 bits per heavy atom. The molecule has 2 fully saturated rings. The Morgan fingerprint density at radius 2 is 1.92 bits per heavy atom. The van der Waals surface area contributed by atoms with Crippen LogP contribution < -0.4 is 5.32 Å². The van der Waals surface area contributed by atoms with Gasteiger partial charge in [-0.1, -0.05) is 30.3 Å². The second kappa shape index (κ2) is 7.21. The lowest BCUT2D eigenvalue weighted by Crippen LogP contribution is -2.56. The Bertz CT molecular complexity index is 578. The standard InChI is InChI=1S/C18H24N2O4/c1-18(12-23-13-18)16(21)19-15-7-9-20(10-8-15)17(22)24-11-14-5-3-2-4-6-14/h2-6,15H,7-13H2,1H3,(H,19,21). The number of benzene rings is 1. The molecule has 1 aromatic carbocycles. The van der Waals surface area contributed by atoms with Crippen LogP contribution in [0.1, 0.15) is 25.3 Å². The molecule has 2 heterocycles. The summed E-state index contributed by atoms with van der Waals surface area (Å²) in [5.41, 5.74) is 0.593. The first-order valence-corrected chi connectivity index (χ1v) is 8.41. The molecule has 0 saturated carbocycles. The van der Waals surface area contributed by atoms with E-state index in [1.807, 2.05) is 37.3 Å². The van der Waals surface area contributed by atoms with Crippen molar-refractivity contribution in [1.29, 1.82) is 0 Å². The fraction of sp³-hybridized carbons (Fsp3) is 0.556. The molecule has 2 amide bonds. The van der Waals surface area contributed by atoms with E-state index in [9.17, 15) is 9.59 Å². The fourth-order valence-electron chi connectivity index (χ4n) is 2.92. The SMILES string of the molecule is CC1(C(=O)NC2CCN(C(=O)OCc3ccccc3)CC2)COC1. The number of carbonyl (C=O) groups is 2. The molecule has 0 spiro atoms. The van der Waals surface area contributed by atoms with Crippen LogP contribution in [0.3, 0.4) is 0 Å². The molecule has 130 valence electrons. The summed E-state index contributed by atoms with van der Waals surface area (Å²) < 4.78 is 10.5. The molecule has 0 bridgehead atoms. The highest BCUT2D eigenvalue weighted by atomic mass is 16.6. The van der Waals surface area contributed by atoms with E-state index in [4.69, 9.17) is 9.47 Å². The van der Waals surface area contributed by atoms with Crippen LogP contribution in [0.15, 0.2) is 30.3 Å². The zero-order valence-corrected chi connectivity index (χ0v) is 14.0. The zero-order valence-electron chi connectivity index (χ0n) is 14.0. The van der Waals surface area contributed by atoms with Crippen molar-refractivity contribution in [3.05, 3.63) is 35.9 Å². The third-order valence-corrected chi connectivity index (χ3v) is 4.68. The van der Waals surface area contributed by atoms with Crippen LogP contribution in [0.2, 0.25) is 0 Å². The normalized spacial score (nSPS) is 20.1. The van der Waals surface area contributed by atoms with Crippen LogP contribution in [0.25, 0.3) is 0 Å². The zero-order chi connectivity index (χ0) is 17.0. The number of amides is 2. The predicted molar refractivity (Wildman–Crippen MR) is 88.3 cm³/mol. The molecule has 6 nitrogen and oxygen atoms in total. The molecule has 0 radical (unpaired) electrons. The van der Waals surface area contributed by atoms with Gasteiger partial charge in [-0.05, 0) is 25.3 Å². The van der Waals surface area contributed by atoms with Crippen LogP contribution >= 0.6 is 0 Å². The maximum absolute atomic E-state index is 12.2. The minimum absolute atomic E-state index is 0.0545. The highest BCUT2D eigenvalue weighted by Crippen LogP contribution is 2.27. The lowest BCUT2D eigenvalue weighted by molar-refractivity contribution is -0.158. The van der Waals surface area contributed by atoms with Gasteiger partial charge < -0.3 is 19.7 Å². The fourth-order valence-corrected chi connectivity index (χ4v) is 2.92. The monoisotopic (exact) mass is 332 g/mol. The minimum Gasteiger partial charge on any atom is -0.445 e. The summed E-state index contributed by atoms with van der Waals surface area (Å²) in [6, 6.07) is 9.75. The van der Waals surface area contributed by atoms with Gasteiger partial charge in [0.05, 0.1) is 18.6 Å². The molecule has 2 aliphatic rings. The van der Waals surface area contributed by atoms with Gasteiger partial charge >= 0.3 is 6.09 Å². The van der Waals surface area contributed by atoms with E-state index in [-0.39, 0.29) is 30.1 Å². The van der Waals surface area contributed by atoms with Crippen molar-refractivity contribution in [3.8, 4) is 0 Å². The molecule has 1 aromatic rings. The molecule has 6 heteroatoms. The van der Waals surface area contributed by atoms with Crippen molar-refractivity contribution in [3.63, 3.8) is 0 Å². The summed E-state index contributed by atoms with van der Waals surface area (Å²) in [6.07, 6.45) is 1.22. The highest BCUT2D eigenvalue weighted by Gasteiger charge is 2.42. The first-order chi connectivity index (χ1) is 11.6. The molecule has 3 rings (SSSR count). The molecule has 1 N–H and O–H groups in total. The van der Waals surface area contributed by atoms with Gasteiger partial charge in [0, 0.05) is 19.1 Å². The first-order valence-electron chi connectivity index (χ1n) is 8.41. The Balaban J connectivity index is 1.40. The number of rotatable bonds is 4. The van der Waals surface area contributed by atoms with Crippen LogP contribution in [-0.4, -0.2) is 49.2 Å². The number of hydrogen-bond acceptors (Lipinski definition) is 4. The molecule has 0 aromatic heterocycles. The number of ether oxygens (including phenoxy) is 2. The lowest BCUT2D eigenvalue weighted by atomic mass is 9.87. The maximum Gasteiger partial charge on any atom is 0.410 e. The van der Waals surface area contributed by atoms with E-state index in [2.05, 4.69) is 5.32 Å². The summed E-state index contributed by atoms with van der Waals surface area (Å²) in [7, 11) is 0. The molecule has 0 atom stereocenters. The minimum atomic E-state index is -0.383. The van der Waals surface area contributed by atoms with E-state index in [0.717, 1.165) is 18.4 Å². The third kappa shape index (κ3) is 3.87. The van der Waals surface area contributed by atoms with Gasteiger partial charge in [0.1, 0.15) is 6.61 Å². The van der Waals surface area contributed by atoms with Crippen molar-refractivity contribution in [2.45, 2.75) is 32.4 Å². The van der Waals surface area contributed by atoms with Gasteiger partial charge in [0.2, 0.25) is 5.91 Å². The molecular weight excluding hydrogens is 308 g/mol. The predicted octanol–water partition coefficient (Wildman–Crippen LogP) is 1.94. The van der Waals surface area contributed by atoms with E-state index in [1.54, 1.807) is 4.90 Å². The van der Waals surface area contributed by atoms with E-state index in [0.29, 0.717) is 26.3 Å². The number of nitrogens with zero attached hydrogens (tertiary/aromatic N) is 1. The number of carbonyl (C=O) groups excluding carboxylic acids is 2. The molecule has 24 heavy (non-hydrogen) atoms. The van der Waals surface area contributed by atoms with Crippen molar-refractivity contribution in [2.24, 2.45) is 5.41 Å². The van der Waals surface area contributed by atoms with Gasteiger partial charge in [0.25, 0.3) is 0 Å². The summed E-state index contributed by atoms with van der Waals surface area (Å²) in [4.78, 5) is 26.0. The quantitative estimate of drug-likeness (QED) is 0.915. The second-order valence-corrected chi connectivity index (χ2v) is 6.83. The number of piperidine rings is 1. The summed E-state index contributed by atoms with van der Waals surface area (Å²) >= 11 is 0. The summed E-state index contributed by atoms with van der Waals surface area (Å²) in [5.74, 6) is 0.0545. The molecular formula is C18H24N2O4. The Morgan fingerprint density at radius 3 is 2.50 bits per heavy atom. The Kier molecular flexibility index (Phi) is 5.04. The maximum atomic E-state index is 12.2. The Labute approximate surface area is 142 Å². The smallest absolute Gasteiger partial charge is 0.410 e. The number of likely N-dealkylation sites (tertiary alicyclic amines) is 1. The summed E-state index contributed by atoms with van der Waals surface area (Å²) in [5, 5.41) is 3.08. The van der Waals surface area contributed by atoms with Crippen molar-refractivity contribution in [1.82, 2.24) is 10.2 Å². The lowest BCUT2D eigenvalue weighted by Gasteiger charge is -2.39. The van der Waals surface area contributed by atoms with Crippen LogP contribution in [0.5, 0.6) is 0 Å². The van der Waals surface area contributed by atoms with E-state index >= 15 is 0 Å². The van der Waals surface area contributed by atoms with Gasteiger partial charge in [-0.15, -0.1) is 0 Å². The second-order valence-electron chi connectivity index (χ2n) is 6.83. The van der Waals surface area contributed by atoms with Crippen LogP contribution in [-0.2, 0) is 20.9 Å². The topological polar surface area (TPSA) is 67.9 Å². The molecule has 2 saturated heterocycles. The average Bonchev–Trinajstić information content (AvgIpc) is 2.59. The number of hydrogen-bond donors (Lipinski definition) is 1. The van der Waals surface area contributed by atoms with Crippen molar-refractivity contribution >= 4 is 12.0 Å². The van der Waals surface area contributed by atoms with E-state index < -0.39 is 0 Å². The van der Waals surface area contributed by atoms with Gasteiger partial charge in [-0.3, -0.25) is 4.79 Å². The van der Waals surface area contributed by atoms with Crippen molar-refractivity contribution in [2.75, 3.05) is 26.3 Å². The molecule has 0 aliphatic carbocycles. The van der Waals surface area contributed by atoms with Gasteiger partial charge in [0.15, 0.2) is 0 Å². The van der Waals surface area contributed by atoms with Gasteiger partial charge in [-0.2, -0.15) is 0 Å².